The highest BCUT2D eigenvalue weighted by Crippen LogP contribution is 2.03. The minimum atomic E-state index is -0.600. The summed E-state index contributed by atoms with van der Waals surface area (Å²) in [6.45, 7) is 6.34. The summed E-state index contributed by atoms with van der Waals surface area (Å²) in [6.07, 6.45) is 1.32. The molecular formula is C13H19IN2O3. The zero-order valence-corrected chi connectivity index (χ0v) is 13.6. The molecule has 1 heterocycles. The number of pyridine rings is 1. The molecule has 1 aromatic heterocycles. The molecule has 5 nitrogen and oxygen atoms in total. The first-order valence-electron chi connectivity index (χ1n) is 6.02. The maximum absolute atomic E-state index is 11.7. The fourth-order valence-corrected chi connectivity index (χ4v) is 1.63. The Bertz CT molecular complexity index is 438. The SMILES string of the molecule is CCOC(=O)N(Cc1cccc[n+]1CC)C(C)=O.[I-]. The molecule has 0 atom stereocenters. The Morgan fingerprint density at radius 2 is 2.00 bits per heavy atom. The van der Waals surface area contributed by atoms with E-state index >= 15 is 0 Å². The zero-order chi connectivity index (χ0) is 13.5. The van der Waals surface area contributed by atoms with Crippen LogP contribution in [-0.2, 0) is 22.6 Å². The van der Waals surface area contributed by atoms with Crippen LogP contribution >= 0.6 is 0 Å². The highest BCUT2D eigenvalue weighted by molar-refractivity contribution is 5.90. The van der Waals surface area contributed by atoms with Crippen molar-refractivity contribution in [3.05, 3.63) is 30.1 Å². The summed E-state index contributed by atoms with van der Waals surface area (Å²) in [7, 11) is 0. The number of nitrogens with zero attached hydrogens (tertiary/aromatic N) is 2. The number of carbonyl (C=O) groups is 2. The standard InChI is InChI=1S/C13H19N2O3.HI/c1-4-14-9-7-6-8-12(14)10-15(11(3)16)13(17)18-5-2;/h6-9H,4-5,10H2,1-3H3;1H/q+1;/p-1. The van der Waals surface area contributed by atoms with Crippen LogP contribution < -0.4 is 28.5 Å². The predicted octanol–water partition coefficient (Wildman–Crippen LogP) is -1.50. The van der Waals surface area contributed by atoms with E-state index in [1.165, 1.54) is 6.92 Å². The Morgan fingerprint density at radius 3 is 2.53 bits per heavy atom. The summed E-state index contributed by atoms with van der Waals surface area (Å²) < 4.78 is 6.85. The summed E-state index contributed by atoms with van der Waals surface area (Å²) in [4.78, 5) is 24.2. The average Bonchev–Trinajstić information content (AvgIpc) is 2.36. The second-order valence-electron chi connectivity index (χ2n) is 3.78. The summed E-state index contributed by atoms with van der Waals surface area (Å²) in [5, 5.41) is 0. The molecule has 0 fully saturated rings. The maximum Gasteiger partial charge on any atom is 0.417 e. The van der Waals surface area contributed by atoms with Crippen molar-refractivity contribution in [3.8, 4) is 0 Å². The van der Waals surface area contributed by atoms with Crippen molar-refractivity contribution in [2.45, 2.75) is 33.9 Å². The van der Waals surface area contributed by atoms with Crippen LogP contribution in [0.25, 0.3) is 0 Å². The molecule has 0 unspecified atom stereocenters. The fourth-order valence-electron chi connectivity index (χ4n) is 1.63. The van der Waals surface area contributed by atoms with Gasteiger partial charge < -0.3 is 28.7 Å². The van der Waals surface area contributed by atoms with Gasteiger partial charge in [0.1, 0.15) is 13.1 Å². The lowest BCUT2D eigenvalue weighted by Gasteiger charge is -2.17. The number of hydrogen-bond acceptors (Lipinski definition) is 3. The molecule has 106 valence electrons. The Morgan fingerprint density at radius 1 is 1.32 bits per heavy atom. The van der Waals surface area contributed by atoms with Crippen molar-refractivity contribution >= 4 is 12.0 Å². The van der Waals surface area contributed by atoms with Crippen LogP contribution in [0.1, 0.15) is 26.5 Å². The number of amides is 2. The molecule has 19 heavy (non-hydrogen) atoms. The Labute approximate surface area is 130 Å². The van der Waals surface area contributed by atoms with Crippen LogP contribution in [0.3, 0.4) is 0 Å². The predicted molar refractivity (Wildman–Crippen MR) is 65.6 cm³/mol. The summed E-state index contributed by atoms with van der Waals surface area (Å²) >= 11 is 0. The van der Waals surface area contributed by atoms with Gasteiger partial charge in [-0.05, 0) is 13.8 Å². The third-order valence-corrected chi connectivity index (χ3v) is 2.56. The molecule has 0 N–H and O–H groups in total. The molecule has 0 saturated carbocycles. The molecule has 0 saturated heterocycles. The van der Waals surface area contributed by atoms with Gasteiger partial charge in [0.2, 0.25) is 11.6 Å². The summed E-state index contributed by atoms with van der Waals surface area (Å²) in [6, 6.07) is 5.68. The van der Waals surface area contributed by atoms with E-state index in [1.54, 1.807) is 6.92 Å². The first-order chi connectivity index (χ1) is 8.60. The second-order valence-corrected chi connectivity index (χ2v) is 3.78. The molecule has 0 bridgehead atoms. The fraction of sp³-hybridized carbons (Fsp3) is 0.462. The first kappa shape index (κ1) is 17.8. The molecule has 0 aromatic carbocycles. The van der Waals surface area contributed by atoms with Crippen molar-refractivity contribution in [1.29, 1.82) is 0 Å². The van der Waals surface area contributed by atoms with Gasteiger partial charge in [-0.1, -0.05) is 6.07 Å². The quantitative estimate of drug-likeness (QED) is 0.474. The van der Waals surface area contributed by atoms with Gasteiger partial charge in [-0.25, -0.2) is 14.3 Å². The van der Waals surface area contributed by atoms with Gasteiger partial charge >= 0.3 is 6.09 Å². The van der Waals surface area contributed by atoms with E-state index < -0.39 is 6.09 Å². The van der Waals surface area contributed by atoms with Crippen LogP contribution in [0.4, 0.5) is 4.79 Å². The number of aryl methyl sites for hydroxylation is 1. The van der Waals surface area contributed by atoms with E-state index in [4.69, 9.17) is 4.74 Å². The number of hydrogen-bond donors (Lipinski definition) is 0. The smallest absolute Gasteiger partial charge is 0.417 e. The molecule has 1 aromatic rings. The Balaban J connectivity index is 0.00000324. The van der Waals surface area contributed by atoms with Crippen molar-refractivity contribution in [1.82, 2.24) is 4.90 Å². The first-order valence-corrected chi connectivity index (χ1v) is 6.02. The van der Waals surface area contributed by atoms with Crippen LogP contribution in [0.5, 0.6) is 0 Å². The van der Waals surface area contributed by atoms with Crippen LogP contribution in [-0.4, -0.2) is 23.5 Å². The van der Waals surface area contributed by atoms with Gasteiger partial charge in [0.15, 0.2) is 6.20 Å². The number of aromatic nitrogens is 1. The monoisotopic (exact) mass is 378 g/mol. The van der Waals surface area contributed by atoms with E-state index in [0.29, 0.717) is 0 Å². The van der Waals surface area contributed by atoms with Crippen LogP contribution in [0.15, 0.2) is 24.4 Å². The molecule has 6 heteroatoms. The third-order valence-electron chi connectivity index (χ3n) is 2.56. The minimum absolute atomic E-state index is 0. The molecule has 0 aliphatic rings. The molecule has 0 spiro atoms. The summed E-state index contributed by atoms with van der Waals surface area (Å²) in [5.74, 6) is -0.319. The van der Waals surface area contributed by atoms with Crippen molar-refractivity contribution in [3.63, 3.8) is 0 Å². The lowest BCUT2D eigenvalue weighted by molar-refractivity contribution is -0.701. The van der Waals surface area contributed by atoms with E-state index in [2.05, 4.69) is 0 Å². The normalized spacial score (nSPS) is 9.42. The van der Waals surface area contributed by atoms with Gasteiger partial charge in [0.05, 0.1) is 6.61 Å². The highest BCUT2D eigenvalue weighted by Gasteiger charge is 2.23. The number of carbonyl (C=O) groups excluding carboxylic acids is 2. The molecule has 2 amide bonds. The lowest BCUT2D eigenvalue weighted by Crippen LogP contribution is -3.00. The van der Waals surface area contributed by atoms with Gasteiger partial charge in [-0.3, -0.25) is 4.79 Å². The number of imide groups is 1. The highest BCUT2D eigenvalue weighted by atomic mass is 127. The van der Waals surface area contributed by atoms with Gasteiger partial charge in [0, 0.05) is 19.1 Å². The van der Waals surface area contributed by atoms with Crippen molar-refractivity contribution in [2.24, 2.45) is 0 Å². The Kier molecular flexibility index (Phi) is 8.29. The van der Waals surface area contributed by atoms with Crippen molar-refractivity contribution in [2.75, 3.05) is 6.61 Å². The lowest BCUT2D eigenvalue weighted by atomic mass is 10.3. The van der Waals surface area contributed by atoms with Gasteiger partial charge in [-0.15, -0.1) is 0 Å². The molecule has 1 rings (SSSR count). The molecule has 0 aliphatic carbocycles. The number of ether oxygens (including phenoxy) is 1. The van der Waals surface area contributed by atoms with E-state index in [9.17, 15) is 9.59 Å². The number of rotatable bonds is 4. The zero-order valence-electron chi connectivity index (χ0n) is 11.4. The largest absolute Gasteiger partial charge is 1.00 e. The maximum atomic E-state index is 11.7. The topological polar surface area (TPSA) is 50.5 Å². The molecule has 0 aliphatic heterocycles. The van der Waals surface area contributed by atoms with E-state index in [1.807, 2.05) is 35.9 Å². The minimum Gasteiger partial charge on any atom is -1.00 e. The summed E-state index contributed by atoms with van der Waals surface area (Å²) in [5.41, 5.74) is 0.892. The third kappa shape index (κ3) is 5.14. The molecular weight excluding hydrogens is 359 g/mol. The van der Waals surface area contributed by atoms with E-state index in [-0.39, 0.29) is 43.0 Å². The average molecular weight is 378 g/mol. The van der Waals surface area contributed by atoms with Crippen LogP contribution in [0.2, 0.25) is 0 Å². The van der Waals surface area contributed by atoms with E-state index in [0.717, 1.165) is 17.1 Å². The van der Waals surface area contributed by atoms with Crippen molar-refractivity contribution < 1.29 is 42.9 Å². The van der Waals surface area contributed by atoms with Gasteiger partial charge in [-0.2, -0.15) is 0 Å². The number of halogens is 1. The Hall–Kier alpha value is -1.18. The van der Waals surface area contributed by atoms with Gasteiger partial charge in [0.25, 0.3) is 0 Å². The van der Waals surface area contributed by atoms with Crippen LogP contribution in [0, 0.1) is 0 Å². The molecule has 0 radical (unpaired) electrons. The second kappa shape index (κ2) is 8.84.